The van der Waals surface area contributed by atoms with E-state index in [0.717, 1.165) is 19.3 Å². The molecule has 0 spiro atoms. The normalized spacial score (nSPS) is 11.2. The molecule has 0 amide bonds. The molecule has 0 fully saturated rings. The van der Waals surface area contributed by atoms with Crippen molar-refractivity contribution in [2.24, 2.45) is 0 Å². The molecule has 4 aromatic rings. The molecule has 0 saturated carbocycles. The minimum atomic E-state index is -1.70. The molecule has 0 aliphatic heterocycles. The molecule has 45 heavy (non-hydrogen) atoms. The second-order valence-corrected chi connectivity index (χ2v) is 15.6. The Labute approximate surface area is 282 Å². The molecular weight excluding hydrogens is 639 g/mol. The van der Waals surface area contributed by atoms with Crippen LogP contribution >= 0.6 is 7.26 Å². The number of phenols is 2. The highest BCUT2D eigenvalue weighted by Crippen LogP contribution is 2.56. The first kappa shape index (κ1) is 36.5. The zero-order chi connectivity index (χ0) is 30.9. The third-order valence-corrected chi connectivity index (χ3v) is 13.3. The number of aromatic hydroxyl groups is 2. The van der Waals surface area contributed by atoms with Crippen LogP contribution in [0.5, 0.6) is 11.5 Å². The average molecular weight is 690 g/mol. The molecule has 0 unspecified atom stereocenters. The summed E-state index contributed by atoms with van der Waals surface area (Å²) in [5.74, 6) is -0.205. The van der Waals surface area contributed by atoms with Gasteiger partial charge in [0.2, 0.25) is 0 Å². The number of unbranched alkanes of at least 4 members (excludes halogenated alkanes) is 12. The molecule has 0 aliphatic carbocycles. The van der Waals surface area contributed by atoms with Crippen LogP contribution in [0, 0.1) is 0 Å². The predicted molar refractivity (Wildman–Crippen MR) is 189 cm³/mol. The first-order valence-corrected chi connectivity index (χ1v) is 18.7. The fraction of sp³-hybridized carbons (Fsp3) is 0.375. The Morgan fingerprint density at radius 1 is 0.489 bits per heavy atom. The summed E-state index contributed by atoms with van der Waals surface area (Å²) in [5.41, 5.74) is 0.309. The molecule has 0 aromatic heterocycles. The van der Waals surface area contributed by atoms with Gasteiger partial charge in [-0.2, -0.15) is 0 Å². The van der Waals surface area contributed by atoms with E-state index < -0.39 is 7.26 Å². The quantitative estimate of drug-likeness (QED) is 0.0615. The third-order valence-electron chi connectivity index (χ3n) is 8.77. The Balaban J connectivity index is 0.00000552. The maximum Gasteiger partial charge on any atom is 0.166 e. The molecule has 0 bridgehead atoms. The van der Waals surface area contributed by atoms with Crippen molar-refractivity contribution in [1.82, 2.24) is 0 Å². The van der Waals surface area contributed by atoms with Crippen LogP contribution in [-0.4, -0.2) is 22.2 Å². The van der Waals surface area contributed by atoms with Crippen molar-refractivity contribution >= 4 is 29.0 Å². The van der Waals surface area contributed by atoms with Gasteiger partial charge in [-0.05, 0) is 67.8 Å². The standard InChI is InChI=1S/C40H49O3P.BrH/c41-34-30-31-38(40(43)33-34)39(42)29-21-10-8-6-4-2-1-3-5-7-9-11-22-32-44(35-23-15-12-16-24-35,36-25-17-13-18-26-36)37-27-19-14-20-28-37;/h12-20,23-28,30-31,33H,1-11,21-22,29,32H2,(H-,41,42,43);1H. The Hall–Kier alpha value is -2.94. The lowest BCUT2D eigenvalue weighted by Gasteiger charge is -2.27. The Kier molecular flexibility index (Phi) is 16.4. The number of rotatable bonds is 20. The maximum atomic E-state index is 12.3. The highest BCUT2D eigenvalue weighted by Gasteiger charge is 2.44. The molecule has 4 aromatic carbocycles. The molecule has 240 valence electrons. The third kappa shape index (κ3) is 11.1. The van der Waals surface area contributed by atoms with E-state index in [0.29, 0.717) is 12.0 Å². The summed E-state index contributed by atoms with van der Waals surface area (Å²) >= 11 is 0. The first-order valence-electron chi connectivity index (χ1n) is 16.7. The van der Waals surface area contributed by atoms with Gasteiger partial charge < -0.3 is 27.2 Å². The number of carbonyl (C=O) groups excluding carboxylic acids is 1. The number of Topliss-reactive ketones (excluding diaryl/α,β-unsaturated/α-hetero) is 1. The van der Waals surface area contributed by atoms with Gasteiger partial charge in [-0.15, -0.1) is 0 Å². The maximum absolute atomic E-state index is 12.3. The second kappa shape index (κ2) is 20.2. The SMILES string of the molecule is O=C(CCCCCCCCCCCCCCC[P+](c1ccccc1)(c1ccccc1)c1ccccc1)c1ccc(O)cc1O.[Br-]. The van der Waals surface area contributed by atoms with Crippen molar-refractivity contribution in [3.05, 3.63) is 115 Å². The minimum Gasteiger partial charge on any atom is -1.00 e. The molecular formula is C40H50BrO3P. The fourth-order valence-electron chi connectivity index (χ4n) is 6.35. The largest absolute Gasteiger partial charge is 1.00 e. The molecule has 4 rings (SSSR count). The zero-order valence-electron chi connectivity index (χ0n) is 26.6. The van der Waals surface area contributed by atoms with Gasteiger partial charge in [-0.3, -0.25) is 4.79 Å². The Morgan fingerprint density at radius 2 is 0.867 bits per heavy atom. The van der Waals surface area contributed by atoms with Crippen LogP contribution in [-0.2, 0) is 0 Å². The summed E-state index contributed by atoms with van der Waals surface area (Å²) in [5, 5.41) is 23.7. The van der Waals surface area contributed by atoms with Crippen molar-refractivity contribution in [3.63, 3.8) is 0 Å². The smallest absolute Gasteiger partial charge is 0.166 e. The summed E-state index contributed by atoms with van der Waals surface area (Å²) in [4.78, 5) is 12.3. The lowest BCUT2D eigenvalue weighted by atomic mass is 10.0. The van der Waals surface area contributed by atoms with E-state index in [1.54, 1.807) is 0 Å². The summed E-state index contributed by atoms with van der Waals surface area (Å²) in [6, 6.07) is 37.9. The number of hydrogen-bond acceptors (Lipinski definition) is 3. The first-order chi connectivity index (χ1) is 21.6. The van der Waals surface area contributed by atoms with Crippen LogP contribution in [0.1, 0.15) is 100 Å². The van der Waals surface area contributed by atoms with Crippen molar-refractivity contribution in [2.75, 3.05) is 6.16 Å². The molecule has 0 atom stereocenters. The number of benzene rings is 4. The second-order valence-electron chi connectivity index (χ2n) is 12.0. The van der Waals surface area contributed by atoms with Crippen LogP contribution in [0.3, 0.4) is 0 Å². The van der Waals surface area contributed by atoms with Crippen LogP contribution < -0.4 is 32.9 Å². The van der Waals surface area contributed by atoms with E-state index in [-0.39, 0.29) is 34.3 Å². The van der Waals surface area contributed by atoms with Gasteiger partial charge in [0.15, 0.2) is 5.78 Å². The van der Waals surface area contributed by atoms with Crippen LogP contribution in [0.25, 0.3) is 0 Å². The monoisotopic (exact) mass is 688 g/mol. The zero-order valence-corrected chi connectivity index (χ0v) is 29.1. The van der Waals surface area contributed by atoms with E-state index in [2.05, 4.69) is 91.0 Å². The van der Waals surface area contributed by atoms with Crippen molar-refractivity contribution < 1.29 is 32.0 Å². The summed E-state index contributed by atoms with van der Waals surface area (Å²) < 4.78 is 0. The number of hydrogen-bond donors (Lipinski definition) is 2. The van der Waals surface area contributed by atoms with E-state index in [1.807, 2.05) is 0 Å². The summed E-state index contributed by atoms with van der Waals surface area (Å²) in [6.45, 7) is 0. The van der Waals surface area contributed by atoms with Crippen LogP contribution in [0.15, 0.2) is 109 Å². The van der Waals surface area contributed by atoms with Crippen LogP contribution in [0.4, 0.5) is 0 Å². The fourth-order valence-corrected chi connectivity index (χ4v) is 10.8. The number of phenolic OH excluding ortho intramolecular Hbond substituents is 2. The lowest BCUT2D eigenvalue weighted by molar-refractivity contribution is -0.0000193. The molecule has 3 nitrogen and oxygen atoms in total. The summed E-state index contributed by atoms with van der Waals surface area (Å²) in [6.07, 6.45) is 17.7. The molecule has 0 saturated heterocycles. The predicted octanol–water partition coefficient (Wildman–Crippen LogP) is 6.74. The average Bonchev–Trinajstić information content (AvgIpc) is 3.06. The minimum absolute atomic E-state index is 0. The molecule has 0 heterocycles. The van der Waals surface area contributed by atoms with Gasteiger partial charge in [0.05, 0.1) is 11.7 Å². The van der Waals surface area contributed by atoms with E-state index in [1.165, 1.54) is 104 Å². The van der Waals surface area contributed by atoms with Crippen molar-refractivity contribution in [1.29, 1.82) is 0 Å². The van der Waals surface area contributed by atoms with Gasteiger partial charge in [-0.1, -0.05) is 119 Å². The molecule has 0 radical (unpaired) electrons. The van der Waals surface area contributed by atoms with Crippen molar-refractivity contribution in [3.8, 4) is 11.5 Å². The molecule has 2 N–H and O–H groups in total. The van der Waals surface area contributed by atoms with Crippen molar-refractivity contribution in [2.45, 2.75) is 89.9 Å². The Bertz CT molecular complexity index is 1280. The highest BCUT2D eigenvalue weighted by atomic mass is 79.9. The lowest BCUT2D eigenvalue weighted by Crippen LogP contribution is -3.00. The van der Waals surface area contributed by atoms with E-state index in [4.69, 9.17) is 0 Å². The number of halogens is 1. The number of ketones is 1. The van der Waals surface area contributed by atoms with Gasteiger partial charge in [0.25, 0.3) is 0 Å². The van der Waals surface area contributed by atoms with E-state index >= 15 is 0 Å². The van der Waals surface area contributed by atoms with Gasteiger partial charge in [0.1, 0.15) is 34.7 Å². The topological polar surface area (TPSA) is 57.5 Å². The van der Waals surface area contributed by atoms with E-state index in [9.17, 15) is 15.0 Å². The molecule has 0 aliphatic rings. The van der Waals surface area contributed by atoms with Crippen LogP contribution in [0.2, 0.25) is 0 Å². The Morgan fingerprint density at radius 3 is 1.27 bits per heavy atom. The number of carbonyl (C=O) groups is 1. The summed E-state index contributed by atoms with van der Waals surface area (Å²) in [7, 11) is -1.70. The van der Waals surface area contributed by atoms with Gasteiger partial charge in [0, 0.05) is 12.5 Å². The van der Waals surface area contributed by atoms with Gasteiger partial charge >= 0.3 is 0 Å². The highest BCUT2D eigenvalue weighted by molar-refractivity contribution is 7.95. The van der Waals surface area contributed by atoms with Gasteiger partial charge in [-0.25, -0.2) is 0 Å². The molecule has 5 heteroatoms.